The van der Waals surface area contributed by atoms with Crippen LogP contribution in [-0.2, 0) is 39.8 Å². The molecule has 1 aromatic heterocycles. The molecule has 3 heterocycles. The number of hydrogen-bond donors (Lipinski definition) is 2. The zero-order valence-electron chi connectivity index (χ0n) is 30.1. The van der Waals surface area contributed by atoms with Crippen LogP contribution in [0.4, 0.5) is 4.79 Å². The molecule has 1 saturated heterocycles. The summed E-state index contributed by atoms with van der Waals surface area (Å²) in [5.74, 6) is -1.33. The third kappa shape index (κ3) is 8.89. The van der Waals surface area contributed by atoms with Crippen LogP contribution in [0.1, 0.15) is 71.4 Å². The van der Waals surface area contributed by atoms with Crippen LogP contribution in [0, 0.1) is 5.92 Å². The third-order valence-corrected chi connectivity index (χ3v) is 9.36. The van der Waals surface area contributed by atoms with E-state index < -0.39 is 59.2 Å². The minimum absolute atomic E-state index is 0.00425. The first-order valence-electron chi connectivity index (χ1n) is 17.3. The van der Waals surface area contributed by atoms with Crippen LogP contribution in [-0.4, -0.2) is 96.9 Å². The van der Waals surface area contributed by atoms with Gasteiger partial charge in [-0.1, -0.05) is 25.0 Å². The van der Waals surface area contributed by atoms with E-state index in [1.54, 1.807) is 45.0 Å². The molecule has 0 spiro atoms. The molecule has 2 aromatic rings. The zero-order valence-corrected chi connectivity index (χ0v) is 30.1. The second-order valence-electron chi connectivity index (χ2n) is 14.3. The molecule has 1 aliphatic carbocycles. The number of pyridine rings is 1. The van der Waals surface area contributed by atoms with Gasteiger partial charge in [0.05, 0.1) is 45.5 Å². The van der Waals surface area contributed by atoms with Gasteiger partial charge in [0, 0.05) is 29.9 Å². The van der Waals surface area contributed by atoms with Crippen molar-refractivity contribution in [2.75, 3.05) is 27.9 Å². The summed E-state index contributed by atoms with van der Waals surface area (Å²) in [5.41, 5.74) is -1.12. The van der Waals surface area contributed by atoms with E-state index >= 15 is 0 Å². The van der Waals surface area contributed by atoms with Crippen LogP contribution in [0.3, 0.4) is 0 Å². The molecule has 3 amide bonds. The van der Waals surface area contributed by atoms with Gasteiger partial charge in [-0.2, -0.15) is 0 Å². The van der Waals surface area contributed by atoms with Crippen molar-refractivity contribution in [3.8, 4) is 11.5 Å². The minimum Gasteiger partial charge on any atom is -0.497 e. The van der Waals surface area contributed by atoms with Crippen LogP contribution in [0.25, 0.3) is 10.9 Å². The van der Waals surface area contributed by atoms with E-state index in [4.69, 9.17) is 23.7 Å². The summed E-state index contributed by atoms with van der Waals surface area (Å²) in [6.45, 7) is 5.21. The second kappa shape index (κ2) is 15.6. The van der Waals surface area contributed by atoms with Gasteiger partial charge < -0.3 is 39.2 Å². The van der Waals surface area contributed by atoms with E-state index in [9.17, 15) is 24.0 Å². The lowest BCUT2D eigenvalue weighted by Crippen LogP contribution is -2.56. The maximum absolute atomic E-state index is 14.4. The number of rotatable bonds is 7. The minimum atomic E-state index is -1.24. The van der Waals surface area contributed by atoms with E-state index in [2.05, 4.69) is 15.6 Å². The molecule has 1 saturated carbocycles. The van der Waals surface area contributed by atoms with Crippen LogP contribution >= 0.6 is 0 Å². The van der Waals surface area contributed by atoms with Gasteiger partial charge >= 0.3 is 18.0 Å². The molecule has 3 aliphatic rings. The van der Waals surface area contributed by atoms with E-state index in [1.807, 2.05) is 12.2 Å². The molecule has 51 heavy (non-hydrogen) atoms. The topological polar surface area (TPSA) is 172 Å². The molecule has 14 nitrogen and oxygen atoms in total. The van der Waals surface area contributed by atoms with Gasteiger partial charge in [0.1, 0.15) is 40.8 Å². The number of alkyl carbamates (subject to hydrolysis) is 1. The summed E-state index contributed by atoms with van der Waals surface area (Å²) in [6, 6.07) is 4.89. The lowest BCUT2D eigenvalue weighted by molar-refractivity contribution is -0.148. The van der Waals surface area contributed by atoms with Crippen molar-refractivity contribution in [2.45, 2.75) is 101 Å². The molecular weight excluding hydrogens is 660 g/mol. The number of carbonyl (C=O) groups is 5. The fraction of sp³-hybridized carbons (Fsp3) is 0.568. The molecule has 14 heteroatoms. The highest BCUT2D eigenvalue weighted by molar-refractivity contribution is 5.96. The Morgan fingerprint density at radius 1 is 1.06 bits per heavy atom. The Morgan fingerprint density at radius 3 is 2.55 bits per heavy atom. The molecule has 5 rings (SSSR count). The Labute approximate surface area is 297 Å². The van der Waals surface area contributed by atoms with Gasteiger partial charge in [0.25, 0.3) is 0 Å². The number of nitrogens with zero attached hydrogens (tertiary/aromatic N) is 2. The van der Waals surface area contributed by atoms with E-state index in [0.29, 0.717) is 47.4 Å². The van der Waals surface area contributed by atoms with E-state index in [0.717, 1.165) is 19.3 Å². The average Bonchev–Trinajstić information content (AvgIpc) is 3.61. The van der Waals surface area contributed by atoms with Crippen molar-refractivity contribution in [3.63, 3.8) is 0 Å². The maximum Gasteiger partial charge on any atom is 0.408 e. The first kappa shape index (κ1) is 37.4. The highest BCUT2D eigenvalue weighted by Gasteiger charge is 2.62. The van der Waals surface area contributed by atoms with Gasteiger partial charge in [-0.15, -0.1) is 0 Å². The van der Waals surface area contributed by atoms with Gasteiger partial charge in [-0.3, -0.25) is 19.4 Å². The molecule has 5 atom stereocenters. The zero-order chi connectivity index (χ0) is 36.9. The predicted molar refractivity (Wildman–Crippen MR) is 185 cm³/mol. The second-order valence-corrected chi connectivity index (χ2v) is 14.3. The van der Waals surface area contributed by atoms with Gasteiger partial charge in [0.15, 0.2) is 0 Å². The molecule has 0 bridgehead atoms. The number of methoxy groups -OCH3 is 3. The summed E-state index contributed by atoms with van der Waals surface area (Å²) in [4.78, 5) is 72.8. The summed E-state index contributed by atoms with van der Waals surface area (Å²) >= 11 is 0. The molecule has 0 radical (unpaired) electrons. The maximum atomic E-state index is 14.4. The molecule has 2 fully saturated rings. The number of benzene rings is 1. The highest BCUT2D eigenvalue weighted by atomic mass is 16.6. The summed E-state index contributed by atoms with van der Waals surface area (Å²) in [6.07, 6.45) is 6.29. The van der Waals surface area contributed by atoms with E-state index in [1.165, 1.54) is 26.2 Å². The number of amides is 3. The van der Waals surface area contributed by atoms with Gasteiger partial charge in [-0.05, 0) is 58.6 Å². The van der Waals surface area contributed by atoms with Crippen LogP contribution in [0.15, 0.2) is 36.4 Å². The number of aromatic nitrogens is 1. The van der Waals surface area contributed by atoms with Crippen molar-refractivity contribution in [3.05, 3.63) is 42.1 Å². The predicted octanol–water partition coefficient (Wildman–Crippen LogP) is 3.77. The number of ether oxygens (including phenoxy) is 5. The van der Waals surface area contributed by atoms with Crippen molar-refractivity contribution in [2.24, 2.45) is 5.92 Å². The first-order chi connectivity index (χ1) is 24.3. The number of nitrogens with one attached hydrogen (secondary N) is 2. The Kier molecular flexibility index (Phi) is 11.4. The monoisotopic (exact) mass is 708 g/mol. The largest absolute Gasteiger partial charge is 0.497 e. The Balaban J connectivity index is 1.49. The average molecular weight is 709 g/mol. The van der Waals surface area contributed by atoms with Crippen molar-refractivity contribution in [1.82, 2.24) is 20.5 Å². The fourth-order valence-electron chi connectivity index (χ4n) is 6.71. The number of esters is 2. The van der Waals surface area contributed by atoms with Crippen molar-refractivity contribution in [1.29, 1.82) is 0 Å². The molecule has 2 N–H and O–H groups in total. The van der Waals surface area contributed by atoms with E-state index in [-0.39, 0.29) is 25.3 Å². The van der Waals surface area contributed by atoms with Crippen LogP contribution in [0.2, 0.25) is 0 Å². The lowest BCUT2D eigenvalue weighted by atomic mass is 10.0. The molecule has 276 valence electrons. The molecule has 2 aliphatic heterocycles. The third-order valence-electron chi connectivity index (χ3n) is 9.36. The summed E-state index contributed by atoms with van der Waals surface area (Å²) in [5, 5.41) is 6.31. The first-order valence-corrected chi connectivity index (χ1v) is 17.3. The molecule has 1 aromatic carbocycles. The standard InChI is InChI=1S/C37H48N4O10/c1-36(2,3)51-35(46)39-27-13-11-9-7-8-10-12-22-20-37(22,34(45)49-6)40-32(43)29-19-25(21-41(29)33(27)44)50-30-16-23(17-31(42)48-5)38-28-18-24(47-4)14-15-26(28)30/h10,12,14-16,18,22,25,27,29H,7-9,11,13,17,19-21H2,1-6H3,(H,39,46)(H,40,43)/b12-10-/t22?,25-,27+,29+,37-/m1/s1. The SMILES string of the molecule is COC(=O)Cc1cc(O[C@@H]2C[C@H]3C(=O)N[C@]4(C(=O)OC)CC4/C=C\CCCCC[C@H](NC(=O)OC(C)(C)C)C(=O)N3C2)c2ccc(OC)cc2n1. The summed E-state index contributed by atoms with van der Waals surface area (Å²) in [7, 11) is 4.11. The quantitative estimate of drug-likeness (QED) is 0.244. The number of fused-ring (bicyclic) bond motifs is 3. The van der Waals surface area contributed by atoms with Crippen LogP contribution in [0.5, 0.6) is 11.5 Å². The summed E-state index contributed by atoms with van der Waals surface area (Å²) < 4.78 is 27.4. The van der Waals surface area contributed by atoms with Gasteiger partial charge in [0.2, 0.25) is 11.8 Å². The fourth-order valence-corrected chi connectivity index (χ4v) is 6.71. The number of carbonyl (C=O) groups excluding carboxylic acids is 5. The number of hydrogen-bond acceptors (Lipinski definition) is 11. The molecular formula is C37H48N4O10. The van der Waals surface area contributed by atoms with Crippen molar-refractivity contribution < 1.29 is 47.7 Å². The van der Waals surface area contributed by atoms with Crippen molar-refractivity contribution >= 4 is 40.7 Å². The number of allylic oxidation sites excluding steroid dienone is 1. The normalized spacial score (nSPS) is 26.0. The highest BCUT2D eigenvalue weighted by Crippen LogP contribution is 2.46. The lowest BCUT2D eigenvalue weighted by Gasteiger charge is -2.30. The Hall–Kier alpha value is -4.88. The Bertz CT molecular complexity index is 1690. The smallest absolute Gasteiger partial charge is 0.408 e. The molecule has 1 unspecified atom stereocenters. The van der Waals surface area contributed by atoms with Crippen LogP contribution < -0.4 is 20.1 Å². The Morgan fingerprint density at radius 2 is 1.84 bits per heavy atom. The van der Waals surface area contributed by atoms with Gasteiger partial charge in [-0.25, -0.2) is 9.59 Å².